The number of rotatable bonds is 3. The molecule has 0 spiro atoms. The molecule has 2 aromatic carbocycles. The van der Waals surface area contributed by atoms with Crippen molar-refractivity contribution in [2.24, 2.45) is 0 Å². The summed E-state index contributed by atoms with van der Waals surface area (Å²) in [4.78, 5) is 0. The lowest BCUT2D eigenvalue weighted by atomic mass is 10.1. The second-order valence-electron chi connectivity index (χ2n) is 6.12. The lowest BCUT2D eigenvalue weighted by Gasteiger charge is -2.12. The van der Waals surface area contributed by atoms with E-state index < -0.39 is 0 Å². The highest BCUT2D eigenvalue weighted by Crippen LogP contribution is 2.38. The van der Waals surface area contributed by atoms with Crippen LogP contribution in [-0.4, -0.2) is 34.2 Å². The van der Waals surface area contributed by atoms with Crippen molar-refractivity contribution in [1.29, 1.82) is 0 Å². The van der Waals surface area contributed by atoms with Crippen LogP contribution in [0.4, 0.5) is 0 Å². The van der Waals surface area contributed by atoms with Crippen LogP contribution in [0.2, 0.25) is 0 Å². The second kappa shape index (κ2) is 5.58. The monoisotopic (exact) mass is 316 g/mol. The minimum absolute atomic E-state index is 0.101. The Balaban J connectivity index is 2.18. The van der Waals surface area contributed by atoms with Gasteiger partial charge in [0.1, 0.15) is 0 Å². The van der Waals surface area contributed by atoms with Crippen LogP contribution < -0.4 is 0 Å². The Kier molecular flexibility index (Phi) is 3.52. The molecule has 0 aliphatic carbocycles. The van der Waals surface area contributed by atoms with E-state index in [1.54, 1.807) is 0 Å². The predicted molar refractivity (Wildman–Crippen MR) is 102 cm³/mol. The van der Waals surface area contributed by atoms with Gasteiger partial charge in [-0.3, -0.25) is 0 Å². The molecule has 0 atom stereocenters. The molecular formula is C18H18B2N2O2. The maximum absolute atomic E-state index is 10.0. The van der Waals surface area contributed by atoms with Crippen LogP contribution in [0.1, 0.15) is 11.1 Å². The summed E-state index contributed by atoms with van der Waals surface area (Å²) in [5.74, 6) is 0. The summed E-state index contributed by atoms with van der Waals surface area (Å²) in [5, 5.41) is 22.3. The number of nitrogens with zero attached hydrogens (tertiary/aromatic N) is 2. The van der Waals surface area contributed by atoms with Gasteiger partial charge in [-0.05, 0) is 37.1 Å². The maximum Gasteiger partial charge on any atom is 0.398 e. The molecule has 2 heterocycles. The van der Waals surface area contributed by atoms with E-state index in [4.69, 9.17) is 0 Å². The molecule has 0 radical (unpaired) electrons. The van der Waals surface area contributed by atoms with Crippen molar-refractivity contribution in [2.75, 3.05) is 0 Å². The molecule has 2 aromatic heterocycles. The molecule has 118 valence electrons. The number of benzene rings is 2. The van der Waals surface area contributed by atoms with Gasteiger partial charge in [-0.1, -0.05) is 36.4 Å². The first-order valence-electron chi connectivity index (χ1n) is 8.06. The molecule has 4 rings (SSSR count). The van der Waals surface area contributed by atoms with E-state index in [1.807, 2.05) is 45.4 Å². The summed E-state index contributed by atoms with van der Waals surface area (Å²) in [6.45, 7) is 4.14. The number of fused-ring (bicyclic) bond motifs is 2. The third-order valence-electron chi connectivity index (χ3n) is 4.96. The topological polar surface area (TPSA) is 50.3 Å². The average molecular weight is 316 g/mol. The Morgan fingerprint density at radius 2 is 1.04 bits per heavy atom. The summed E-state index contributed by atoms with van der Waals surface area (Å²) >= 11 is 0. The van der Waals surface area contributed by atoms with E-state index >= 15 is 0 Å². The van der Waals surface area contributed by atoms with Crippen molar-refractivity contribution < 1.29 is 10.0 Å². The Bertz CT molecular complexity index is 980. The third kappa shape index (κ3) is 1.90. The molecule has 0 fully saturated rings. The van der Waals surface area contributed by atoms with Gasteiger partial charge in [-0.2, -0.15) is 0 Å². The molecular weight excluding hydrogens is 298 g/mol. The largest absolute Gasteiger partial charge is 0.435 e. The van der Waals surface area contributed by atoms with Crippen LogP contribution in [0.3, 0.4) is 0 Å². The number of aromatic nitrogens is 2. The van der Waals surface area contributed by atoms with Crippen molar-refractivity contribution in [3.05, 3.63) is 59.7 Å². The number of para-hydroxylation sites is 2. The van der Waals surface area contributed by atoms with Crippen LogP contribution >= 0.6 is 0 Å². The smallest absolute Gasteiger partial charge is 0.398 e. The Labute approximate surface area is 141 Å². The minimum atomic E-state index is -0.101. The molecule has 24 heavy (non-hydrogen) atoms. The second-order valence-corrected chi connectivity index (χ2v) is 6.12. The summed E-state index contributed by atoms with van der Waals surface area (Å²) in [6.07, 6.45) is 0. The van der Waals surface area contributed by atoms with E-state index in [9.17, 15) is 10.0 Å². The van der Waals surface area contributed by atoms with Crippen molar-refractivity contribution in [1.82, 2.24) is 8.96 Å². The highest BCUT2D eigenvalue weighted by atomic mass is 16.2. The summed E-state index contributed by atoms with van der Waals surface area (Å²) in [6, 6.07) is 16.2. The van der Waals surface area contributed by atoms with Crippen LogP contribution in [-0.2, 0) is 0 Å². The number of aryl methyl sites for hydroxylation is 2. The first-order chi connectivity index (χ1) is 11.7. The van der Waals surface area contributed by atoms with Gasteiger partial charge in [0.15, 0.2) is 0 Å². The fourth-order valence-corrected chi connectivity index (χ4v) is 3.86. The van der Waals surface area contributed by atoms with E-state index in [-0.39, 0.29) is 15.2 Å². The molecule has 4 nitrogen and oxygen atoms in total. The summed E-state index contributed by atoms with van der Waals surface area (Å²) in [5.41, 5.74) is 6.15. The number of hydrogen-bond donors (Lipinski definition) is 2. The van der Waals surface area contributed by atoms with Crippen molar-refractivity contribution in [2.45, 2.75) is 13.8 Å². The first kappa shape index (κ1) is 15.1. The van der Waals surface area contributed by atoms with Gasteiger partial charge >= 0.3 is 15.2 Å². The zero-order chi connectivity index (χ0) is 16.8. The Morgan fingerprint density at radius 3 is 1.42 bits per heavy atom. The summed E-state index contributed by atoms with van der Waals surface area (Å²) in [7, 11) is -0.202. The van der Waals surface area contributed by atoms with Gasteiger partial charge in [-0.15, -0.1) is 0 Å². The van der Waals surface area contributed by atoms with Gasteiger partial charge in [-0.25, -0.2) is 0 Å². The molecule has 0 amide bonds. The average Bonchev–Trinajstić information content (AvgIpc) is 3.06. The lowest BCUT2D eigenvalue weighted by molar-refractivity contribution is 0.588. The van der Waals surface area contributed by atoms with Crippen LogP contribution in [0.15, 0.2) is 48.5 Å². The van der Waals surface area contributed by atoms with Crippen molar-refractivity contribution >= 4 is 37.0 Å². The van der Waals surface area contributed by atoms with Gasteiger partial charge in [0, 0.05) is 21.8 Å². The third-order valence-corrected chi connectivity index (χ3v) is 4.96. The van der Waals surface area contributed by atoms with Crippen LogP contribution in [0, 0.1) is 13.8 Å². The molecule has 0 aliphatic rings. The quantitative estimate of drug-likeness (QED) is 0.569. The molecule has 2 N–H and O–H groups in total. The minimum Gasteiger partial charge on any atom is -0.435 e. The molecule has 0 aliphatic heterocycles. The molecule has 6 heteroatoms. The zero-order valence-corrected chi connectivity index (χ0v) is 13.8. The summed E-state index contributed by atoms with van der Waals surface area (Å²) < 4.78 is 3.83. The van der Waals surface area contributed by atoms with Crippen molar-refractivity contribution in [3.63, 3.8) is 0 Å². The molecule has 0 saturated heterocycles. The molecule has 0 unspecified atom stereocenters. The maximum atomic E-state index is 10.0. The van der Waals surface area contributed by atoms with Crippen LogP contribution in [0.5, 0.6) is 0 Å². The van der Waals surface area contributed by atoms with Crippen LogP contribution in [0.25, 0.3) is 33.2 Å². The normalized spacial score (nSPS) is 11.3. The fraction of sp³-hybridized carbons (Fsp3) is 0.111. The van der Waals surface area contributed by atoms with E-state index in [2.05, 4.69) is 26.0 Å². The first-order valence-corrected chi connectivity index (χ1v) is 8.06. The Morgan fingerprint density at radius 1 is 0.667 bits per heavy atom. The van der Waals surface area contributed by atoms with E-state index in [0.717, 1.165) is 44.3 Å². The molecule has 0 saturated carbocycles. The fourth-order valence-electron chi connectivity index (χ4n) is 3.86. The lowest BCUT2D eigenvalue weighted by Crippen LogP contribution is -2.13. The SMILES string of the molecule is Cc1c(-c2c(C)c3ccccc3n2BO)n(BO)c2ccccc12. The molecule has 0 bridgehead atoms. The standard InChI is InChI=1S/C18H18B2N2O2/c1-11-13-7-3-5-9-15(13)21(19-23)17(11)18-12(2)14-8-4-6-10-16(14)22(18)20-24/h3-10,19-20,23-24H,1-2H3. The van der Waals surface area contributed by atoms with Gasteiger partial charge in [0.05, 0.1) is 11.4 Å². The highest BCUT2D eigenvalue weighted by molar-refractivity contribution is 6.31. The highest BCUT2D eigenvalue weighted by Gasteiger charge is 2.22. The van der Waals surface area contributed by atoms with E-state index in [0.29, 0.717) is 0 Å². The molecule has 4 aromatic rings. The van der Waals surface area contributed by atoms with Crippen molar-refractivity contribution in [3.8, 4) is 11.4 Å². The van der Waals surface area contributed by atoms with Gasteiger partial charge in [0.2, 0.25) is 0 Å². The zero-order valence-electron chi connectivity index (χ0n) is 13.8. The van der Waals surface area contributed by atoms with Gasteiger partial charge in [0.25, 0.3) is 0 Å². The number of hydrogen-bond acceptors (Lipinski definition) is 2. The Hall–Kier alpha value is -2.43. The van der Waals surface area contributed by atoms with Gasteiger partial charge < -0.3 is 19.0 Å². The van der Waals surface area contributed by atoms with E-state index in [1.165, 1.54) is 0 Å². The predicted octanol–water partition coefficient (Wildman–Crippen LogP) is 2.09.